The maximum absolute atomic E-state index is 12.9. The van der Waals surface area contributed by atoms with Crippen LogP contribution in [0.3, 0.4) is 0 Å². The van der Waals surface area contributed by atoms with Crippen LogP contribution in [0.4, 0.5) is 13.2 Å². The maximum Gasteiger partial charge on any atom is 0.416 e. The van der Waals surface area contributed by atoms with E-state index in [-0.39, 0.29) is 25.0 Å². The molecule has 1 N–H and O–H groups in total. The van der Waals surface area contributed by atoms with E-state index in [0.29, 0.717) is 17.1 Å². The zero-order valence-electron chi connectivity index (χ0n) is 16.6. The van der Waals surface area contributed by atoms with Gasteiger partial charge in [0.15, 0.2) is 0 Å². The summed E-state index contributed by atoms with van der Waals surface area (Å²) in [4.78, 5) is 14.7. The monoisotopic (exact) mass is 447 g/mol. The summed E-state index contributed by atoms with van der Waals surface area (Å²) in [7, 11) is 0. The van der Waals surface area contributed by atoms with Crippen molar-refractivity contribution in [1.29, 1.82) is 0 Å². The van der Waals surface area contributed by atoms with Crippen LogP contribution in [0.15, 0.2) is 66.9 Å². The Bertz CT molecular complexity index is 1060. The molecule has 1 atom stereocenters. The minimum Gasteiger partial charge on any atom is -0.351 e. The van der Waals surface area contributed by atoms with E-state index in [1.165, 1.54) is 6.07 Å². The summed E-state index contributed by atoms with van der Waals surface area (Å²) >= 11 is 6.04. The van der Waals surface area contributed by atoms with Crippen LogP contribution in [0.1, 0.15) is 28.4 Å². The van der Waals surface area contributed by atoms with E-state index in [1.54, 1.807) is 6.07 Å². The molecule has 4 rings (SSSR count). The Morgan fingerprint density at radius 3 is 2.58 bits per heavy atom. The third-order valence-corrected chi connectivity index (χ3v) is 5.67. The predicted octanol–water partition coefficient (Wildman–Crippen LogP) is 4.88. The quantitative estimate of drug-likeness (QED) is 0.605. The highest BCUT2D eigenvalue weighted by molar-refractivity contribution is 6.30. The fourth-order valence-electron chi connectivity index (χ4n) is 3.93. The van der Waals surface area contributed by atoms with Gasteiger partial charge in [0.05, 0.1) is 18.2 Å². The Hall–Kier alpha value is -2.77. The van der Waals surface area contributed by atoms with Crippen molar-refractivity contribution in [2.24, 2.45) is 0 Å². The molecule has 8 heteroatoms. The lowest BCUT2D eigenvalue weighted by molar-refractivity contribution is -0.137. The first-order valence-electron chi connectivity index (χ1n) is 9.88. The summed E-state index contributed by atoms with van der Waals surface area (Å²) in [5.41, 5.74) is 1.79. The Morgan fingerprint density at radius 1 is 1.06 bits per heavy atom. The van der Waals surface area contributed by atoms with Gasteiger partial charge in [0.2, 0.25) is 5.91 Å². The molecule has 0 radical (unpaired) electrons. The SMILES string of the molecule is O=C(CN1CCn2cccc2C1c1ccc(Cl)cc1)NCc1cccc(C(F)(F)F)c1. The first-order valence-corrected chi connectivity index (χ1v) is 10.3. The minimum atomic E-state index is -4.41. The number of carbonyl (C=O) groups is 1. The number of benzene rings is 2. The topological polar surface area (TPSA) is 37.3 Å². The van der Waals surface area contributed by atoms with Gasteiger partial charge in [-0.25, -0.2) is 0 Å². The predicted molar refractivity (Wildman–Crippen MR) is 113 cm³/mol. The van der Waals surface area contributed by atoms with E-state index < -0.39 is 11.7 Å². The smallest absolute Gasteiger partial charge is 0.351 e. The Kier molecular flexibility index (Phi) is 6.07. The molecule has 0 saturated carbocycles. The van der Waals surface area contributed by atoms with Crippen molar-refractivity contribution in [3.8, 4) is 0 Å². The van der Waals surface area contributed by atoms with Crippen LogP contribution >= 0.6 is 11.6 Å². The van der Waals surface area contributed by atoms with Crippen molar-refractivity contribution in [3.63, 3.8) is 0 Å². The fourth-order valence-corrected chi connectivity index (χ4v) is 4.05. The van der Waals surface area contributed by atoms with E-state index in [9.17, 15) is 18.0 Å². The number of alkyl halides is 3. The van der Waals surface area contributed by atoms with Crippen LogP contribution in [-0.2, 0) is 24.1 Å². The van der Waals surface area contributed by atoms with Gasteiger partial charge in [-0.3, -0.25) is 9.69 Å². The number of halogens is 4. The summed E-state index contributed by atoms with van der Waals surface area (Å²) in [6.07, 6.45) is -2.39. The summed E-state index contributed by atoms with van der Waals surface area (Å²) in [6.45, 7) is 1.61. The van der Waals surface area contributed by atoms with Gasteiger partial charge in [0, 0.05) is 36.5 Å². The van der Waals surface area contributed by atoms with E-state index >= 15 is 0 Å². The Balaban J connectivity index is 1.46. The summed E-state index contributed by atoms with van der Waals surface area (Å²) in [5.74, 6) is -0.239. The Morgan fingerprint density at radius 2 is 1.84 bits per heavy atom. The lowest BCUT2D eigenvalue weighted by atomic mass is 10.00. The third kappa shape index (κ3) is 4.94. The van der Waals surface area contributed by atoms with Crippen LogP contribution in [0.2, 0.25) is 5.02 Å². The summed E-state index contributed by atoms with van der Waals surface area (Å²) in [6, 6.07) is 16.4. The number of aromatic nitrogens is 1. The number of nitrogens with one attached hydrogen (secondary N) is 1. The number of hydrogen-bond acceptors (Lipinski definition) is 2. The summed E-state index contributed by atoms with van der Waals surface area (Å²) < 4.78 is 40.8. The van der Waals surface area contributed by atoms with Gasteiger partial charge in [-0.1, -0.05) is 35.9 Å². The number of fused-ring (bicyclic) bond motifs is 1. The molecule has 162 valence electrons. The molecule has 3 aromatic rings. The van der Waals surface area contributed by atoms with Crippen molar-refractivity contribution in [2.75, 3.05) is 13.1 Å². The van der Waals surface area contributed by atoms with Crippen LogP contribution in [0, 0.1) is 0 Å². The number of hydrogen-bond donors (Lipinski definition) is 1. The van der Waals surface area contributed by atoms with E-state index in [2.05, 4.69) is 14.8 Å². The van der Waals surface area contributed by atoms with Crippen LogP contribution in [0.25, 0.3) is 0 Å². The zero-order chi connectivity index (χ0) is 22.0. The molecule has 0 spiro atoms. The van der Waals surface area contributed by atoms with Gasteiger partial charge in [-0.05, 0) is 47.5 Å². The number of rotatable bonds is 5. The summed E-state index contributed by atoms with van der Waals surface area (Å²) in [5, 5.41) is 3.39. The highest BCUT2D eigenvalue weighted by atomic mass is 35.5. The number of carbonyl (C=O) groups excluding carboxylic acids is 1. The van der Waals surface area contributed by atoms with Crippen molar-refractivity contribution < 1.29 is 18.0 Å². The molecule has 1 unspecified atom stereocenters. The molecular weight excluding hydrogens is 427 g/mol. The normalized spacial score (nSPS) is 16.7. The standard InChI is InChI=1S/C23H21ClF3N3O/c24-19-8-6-17(7-9-19)22-20-5-2-10-29(20)11-12-30(22)15-21(31)28-14-16-3-1-4-18(13-16)23(25,26)27/h1-10,13,22H,11-12,14-15H2,(H,28,31). The molecule has 2 aromatic carbocycles. The second-order valence-corrected chi connectivity index (χ2v) is 7.96. The molecule has 0 bridgehead atoms. The van der Waals surface area contributed by atoms with E-state index in [0.717, 1.165) is 29.9 Å². The highest BCUT2D eigenvalue weighted by Crippen LogP contribution is 2.33. The zero-order valence-corrected chi connectivity index (χ0v) is 17.3. The molecule has 1 aliphatic heterocycles. The van der Waals surface area contributed by atoms with Gasteiger partial charge in [0.25, 0.3) is 0 Å². The molecule has 2 heterocycles. The van der Waals surface area contributed by atoms with Gasteiger partial charge in [-0.2, -0.15) is 13.2 Å². The van der Waals surface area contributed by atoms with Crippen LogP contribution in [-0.4, -0.2) is 28.5 Å². The van der Waals surface area contributed by atoms with Crippen molar-refractivity contribution in [1.82, 2.24) is 14.8 Å². The van der Waals surface area contributed by atoms with E-state index in [1.807, 2.05) is 42.6 Å². The first kappa shape index (κ1) is 21.5. The fraction of sp³-hybridized carbons (Fsp3) is 0.261. The van der Waals surface area contributed by atoms with Crippen molar-refractivity contribution in [3.05, 3.63) is 94.3 Å². The lowest BCUT2D eigenvalue weighted by Crippen LogP contribution is -2.44. The van der Waals surface area contributed by atoms with Crippen LogP contribution in [0.5, 0.6) is 0 Å². The number of nitrogens with zero attached hydrogens (tertiary/aromatic N) is 2. The molecule has 1 amide bonds. The van der Waals surface area contributed by atoms with E-state index in [4.69, 9.17) is 11.6 Å². The minimum absolute atomic E-state index is 0.0403. The molecule has 1 aromatic heterocycles. The van der Waals surface area contributed by atoms with Crippen molar-refractivity contribution >= 4 is 17.5 Å². The highest BCUT2D eigenvalue weighted by Gasteiger charge is 2.31. The van der Waals surface area contributed by atoms with Gasteiger partial charge in [-0.15, -0.1) is 0 Å². The van der Waals surface area contributed by atoms with Gasteiger partial charge >= 0.3 is 6.18 Å². The van der Waals surface area contributed by atoms with Crippen LogP contribution < -0.4 is 5.32 Å². The van der Waals surface area contributed by atoms with Gasteiger partial charge in [0.1, 0.15) is 0 Å². The second kappa shape index (κ2) is 8.77. The molecular formula is C23H21ClF3N3O. The molecule has 1 aliphatic rings. The van der Waals surface area contributed by atoms with Gasteiger partial charge < -0.3 is 9.88 Å². The number of amides is 1. The lowest BCUT2D eigenvalue weighted by Gasteiger charge is -2.37. The molecule has 31 heavy (non-hydrogen) atoms. The largest absolute Gasteiger partial charge is 0.416 e. The molecule has 4 nitrogen and oxygen atoms in total. The maximum atomic E-state index is 12.9. The second-order valence-electron chi connectivity index (χ2n) is 7.53. The Labute approximate surface area is 183 Å². The molecule has 0 fully saturated rings. The first-order chi connectivity index (χ1) is 14.8. The average Bonchev–Trinajstić information content (AvgIpc) is 3.21. The molecule has 0 saturated heterocycles. The van der Waals surface area contributed by atoms with Crippen molar-refractivity contribution in [2.45, 2.75) is 25.3 Å². The third-order valence-electron chi connectivity index (χ3n) is 5.41. The average molecular weight is 448 g/mol. The molecule has 0 aliphatic carbocycles.